The van der Waals surface area contributed by atoms with E-state index in [0.717, 1.165) is 50.5 Å². The van der Waals surface area contributed by atoms with E-state index in [9.17, 15) is 0 Å². The van der Waals surface area contributed by atoms with Crippen molar-refractivity contribution in [2.75, 3.05) is 20.0 Å². The Labute approximate surface area is 203 Å². The minimum Gasteiger partial charge on any atom is -0.497 e. The van der Waals surface area contributed by atoms with E-state index in [1.807, 2.05) is 36.2 Å². The molecule has 7 heteroatoms. The maximum Gasteiger partial charge on any atom is 0.166 e. The van der Waals surface area contributed by atoms with Gasteiger partial charge in [-0.1, -0.05) is 48.5 Å². The summed E-state index contributed by atoms with van der Waals surface area (Å²) in [5.41, 5.74) is 4.25. The normalized spacial score (nSPS) is 11.1. The van der Waals surface area contributed by atoms with E-state index >= 15 is 0 Å². The first kappa shape index (κ1) is 23.5. The van der Waals surface area contributed by atoms with Crippen molar-refractivity contribution in [1.29, 1.82) is 0 Å². The number of ether oxygens (including phenoxy) is 2. The van der Waals surface area contributed by atoms with Crippen LogP contribution < -0.4 is 9.47 Å². The number of nitrogens with one attached hydrogen (secondary N) is 1. The van der Waals surface area contributed by atoms with Gasteiger partial charge in [0.1, 0.15) is 5.75 Å². The number of nitrogens with zero attached hydrogens (tertiary/aromatic N) is 2. The van der Waals surface area contributed by atoms with E-state index in [2.05, 4.69) is 51.4 Å². The molecular formula is C26H29N3O2S2. The van der Waals surface area contributed by atoms with Crippen LogP contribution in [0.1, 0.15) is 30.5 Å². The quantitative estimate of drug-likeness (QED) is 0.179. The van der Waals surface area contributed by atoms with E-state index < -0.39 is 0 Å². The van der Waals surface area contributed by atoms with Crippen molar-refractivity contribution in [3.63, 3.8) is 0 Å². The van der Waals surface area contributed by atoms with Gasteiger partial charge in [0, 0.05) is 18.0 Å². The number of aromatic nitrogens is 3. The Hall–Kier alpha value is -2.64. The molecule has 2 heterocycles. The lowest BCUT2D eigenvalue weighted by molar-refractivity contribution is 0.398. The fourth-order valence-corrected chi connectivity index (χ4v) is 5.52. The van der Waals surface area contributed by atoms with E-state index in [-0.39, 0.29) is 0 Å². The summed E-state index contributed by atoms with van der Waals surface area (Å²) in [6, 6.07) is 18.6. The predicted octanol–water partition coefficient (Wildman–Crippen LogP) is 6.77. The van der Waals surface area contributed by atoms with Gasteiger partial charge in [0.15, 0.2) is 10.9 Å². The molecular weight excluding hydrogens is 450 g/mol. The number of aromatic amines is 1. The summed E-state index contributed by atoms with van der Waals surface area (Å²) in [5, 5.41) is 0.860. The molecule has 4 rings (SSSR count). The van der Waals surface area contributed by atoms with Gasteiger partial charge in [-0.2, -0.15) is 0 Å². The molecule has 0 amide bonds. The molecule has 2 aromatic carbocycles. The molecule has 2 aromatic heterocycles. The number of imidazole rings is 1. The molecule has 172 valence electrons. The molecule has 33 heavy (non-hydrogen) atoms. The number of rotatable bonds is 12. The van der Waals surface area contributed by atoms with Crippen molar-refractivity contribution >= 4 is 34.6 Å². The van der Waals surface area contributed by atoms with Gasteiger partial charge in [-0.05, 0) is 48.8 Å². The van der Waals surface area contributed by atoms with Gasteiger partial charge in [0.2, 0.25) is 0 Å². The summed E-state index contributed by atoms with van der Waals surface area (Å²) in [5.74, 6) is 3.45. The number of benzene rings is 2. The average molecular weight is 480 g/mol. The van der Waals surface area contributed by atoms with Crippen molar-refractivity contribution in [2.45, 2.75) is 41.5 Å². The van der Waals surface area contributed by atoms with Crippen LogP contribution in [-0.4, -0.2) is 34.9 Å². The molecule has 1 N–H and O–H groups in total. The number of unbranched alkanes of at least 4 members (excludes halogenated alkanes) is 2. The first-order chi connectivity index (χ1) is 16.3. The SMILES string of the molecule is COc1ccc2nc(SCc3nccc(SCCCCCc4ccccc4)c3OC)[nH]c2c1. The van der Waals surface area contributed by atoms with E-state index in [0.29, 0.717) is 5.75 Å². The third-order valence-electron chi connectivity index (χ3n) is 5.37. The largest absolute Gasteiger partial charge is 0.497 e. The molecule has 0 saturated carbocycles. The highest BCUT2D eigenvalue weighted by Gasteiger charge is 2.13. The van der Waals surface area contributed by atoms with Crippen molar-refractivity contribution in [3.05, 3.63) is 72.1 Å². The van der Waals surface area contributed by atoms with Crippen LogP contribution in [0.3, 0.4) is 0 Å². The molecule has 0 radical (unpaired) electrons. The predicted molar refractivity (Wildman–Crippen MR) is 138 cm³/mol. The van der Waals surface area contributed by atoms with Crippen LogP contribution in [0.25, 0.3) is 11.0 Å². The van der Waals surface area contributed by atoms with Crippen molar-refractivity contribution in [2.24, 2.45) is 0 Å². The second kappa shape index (κ2) is 12.0. The van der Waals surface area contributed by atoms with Crippen LogP contribution in [0.15, 0.2) is 70.8 Å². The maximum absolute atomic E-state index is 5.75. The highest BCUT2D eigenvalue weighted by Crippen LogP contribution is 2.35. The fourth-order valence-electron chi connectivity index (χ4n) is 3.64. The Bertz CT molecular complexity index is 1160. The molecule has 0 fully saturated rings. The van der Waals surface area contributed by atoms with E-state index in [1.54, 1.807) is 26.0 Å². The Balaban J connectivity index is 1.29. The fraction of sp³-hybridized carbons (Fsp3) is 0.308. The van der Waals surface area contributed by atoms with Gasteiger partial charge >= 0.3 is 0 Å². The zero-order valence-electron chi connectivity index (χ0n) is 19.0. The van der Waals surface area contributed by atoms with E-state index in [1.165, 1.54) is 24.8 Å². The molecule has 0 aliphatic heterocycles. The number of aryl methyl sites for hydroxylation is 1. The van der Waals surface area contributed by atoms with Crippen LogP contribution in [-0.2, 0) is 12.2 Å². The standard InChI is InChI=1S/C26H29N3O2S2/c1-30-20-12-13-21-22(17-20)29-26(28-21)33-18-23-25(31-2)24(14-15-27-23)32-16-8-4-7-11-19-9-5-3-6-10-19/h3,5-6,9-10,12-15,17H,4,7-8,11,16,18H2,1-2H3,(H,28,29). The van der Waals surface area contributed by atoms with Crippen LogP contribution in [0.2, 0.25) is 0 Å². The van der Waals surface area contributed by atoms with E-state index in [4.69, 9.17) is 9.47 Å². The molecule has 5 nitrogen and oxygen atoms in total. The number of H-pyrrole nitrogens is 1. The lowest BCUT2D eigenvalue weighted by atomic mass is 10.1. The van der Waals surface area contributed by atoms with Gasteiger partial charge in [-0.3, -0.25) is 4.98 Å². The highest BCUT2D eigenvalue weighted by atomic mass is 32.2. The molecule has 0 saturated heterocycles. The third kappa shape index (κ3) is 6.45. The van der Waals surface area contributed by atoms with Crippen molar-refractivity contribution < 1.29 is 9.47 Å². The maximum atomic E-state index is 5.75. The zero-order valence-corrected chi connectivity index (χ0v) is 20.7. The summed E-state index contributed by atoms with van der Waals surface area (Å²) < 4.78 is 11.0. The molecule has 0 aliphatic rings. The number of thioether (sulfide) groups is 2. The second-order valence-electron chi connectivity index (χ2n) is 7.65. The molecule has 0 unspecified atom stereocenters. The smallest absolute Gasteiger partial charge is 0.166 e. The summed E-state index contributed by atoms with van der Waals surface area (Å²) in [6.07, 6.45) is 6.67. The Morgan fingerprint density at radius 3 is 2.61 bits per heavy atom. The summed E-state index contributed by atoms with van der Waals surface area (Å²) >= 11 is 3.47. The van der Waals surface area contributed by atoms with Gasteiger partial charge in [0.25, 0.3) is 0 Å². The van der Waals surface area contributed by atoms with Crippen LogP contribution in [0.5, 0.6) is 11.5 Å². The van der Waals surface area contributed by atoms with Crippen LogP contribution in [0.4, 0.5) is 0 Å². The molecule has 0 aliphatic carbocycles. The highest BCUT2D eigenvalue weighted by molar-refractivity contribution is 7.99. The minimum atomic E-state index is 0.686. The van der Waals surface area contributed by atoms with Crippen LogP contribution in [0, 0.1) is 0 Å². The third-order valence-corrected chi connectivity index (χ3v) is 7.38. The Morgan fingerprint density at radius 2 is 1.79 bits per heavy atom. The van der Waals surface area contributed by atoms with Crippen molar-refractivity contribution in [1.82, 2.24) is 15.0 Å². The molecule has 4 aromatic rings. The zero-order chi connectivity index (χ0) is 22.9. The summed E-state index contributed by atoms with van der Waals surface area (Å²) in [6.45, 7) is 0. The summed E-state index contributed by atoms with van der Waals surface area (Å²) in [4.78, 5) is 13.7. The number of pyridine rings is 1. The number of fused-ring (bicyclic) bond motifs is 1. The summed E-state index contributed by atoms with van der Waals surface area (Å²) in [7, 11) is 3.39. The second-order valence-corrected chi connectivity index (χ2v) is 9.75. The first-order valence-corrected chi connectivity index (χ1v) is 13.1. The lowest BCUT2D eigenvalue weighted by Gasteiger charge is -2.12. The topological polar surface area (TPSA) is 60.0 Å². The van der Waals surface area contributed by atoms with Gasteiger partial charge in [0.05, 0.1) is 35.8 Å². The first-order valence-electron chi connectivity index (χ1n) is 11.1. The number of hydrogen-bond acceptors (Lipinski definition) is 6. The van der Waals surface area contributed by atoms with Gasteiger partial charge < -0.3 is 14.5 Å². The molecule has 0 atom stereocenters. The molecule has 0 bridgehead atoms. The number of methoxy groups -OCH3 is 2. The number of hydrogen-bond donors (Lipinski definition) is 1. The average Bonchev–Trinajstić information content (AvgIpc) is 3.27. The van der Waals surface area contributed by atoms with Crippen LogP contribution >= 0.6 is 23.5 Å². The molecule has 0 spiro atoms. The monoisotopic (exact) mass is 479 g/mol. The van der Waals surface area contributed by atoms with Crippen molar-refractivity contribution in [3.8, 4) is 11.5 Å². The Kier molecular flexibility index (Phi) is 8.55. The lowest BCUT2D eigenvalue weighted by Crippen LogP contribution is -1.97. The Morgan fingerprint density at radius 1 is 0.909 bits per heavy atom. The van der Waals surface area contributed by atoms with Gasteiger partial charge in [-0.25, -0.2) is 4.98 Å². The minimum absolute atomic E-state index is 0.686. The van der Waals surface area contributed by atoms with Gasteiger partial charge in [-0.15, -0.1) is 11.8 Å².